The molecule has 2 aromatic heterocycles. The van der Waals surface area contributed by atoms with Crippen LogP contribution in [0.15, 0.2) is 24.7 Å². The van der Waals surface area contributed by atoms with E-state index in [1.807, 2.05) is 29.3 Å². The Balaban J connectivity index is 1.65. The van der Waals surface area contributed by atoms with Crippen molar-refractivity contribution in [3.8, 4) is 11.4 Å². The van der Waals surface area contributed by atoms with Crippen LogP contribution in [0, 0.1) is 5.92 Å². The molecule has 0 aliphatic carbocycles. The van der Waals surface area contributed by atoms with Gasteiger partial charge in [-0.05, 0) is 51.6 Å². The summed E-state index contributed by atoms with van der Waals surface area (Å²) in [6, 6.07) is 2.66. The predicted octanol–water partition coefficient (Wildman–Crippen LogP) is 3.02. The van der Waals surface area contributed by atoms with Crippen LogP contribution in [-0.4, -0.2) is 43.8 Å². The van der Waals surface area contributed by atoms with Crippen LogP contribution < -0.4 is 0 Å². The van der Waals surface area contributed by atoms with E-state index in [1.54, 1.807) is 0 Å². The Kier molecular flexibility index (Phi) is 5.06. The van der Waals surface area contributed by atoms with Gasteiger partial charge in [-0.15, -0.1) is 0 Å². The first-order valence-electron chi connectivity index (χ1n) is 8.74. The quantitative estimate of drug-likeness (QED) is 0.822. The molecule has 1 saturated heterocycles. The average molecular weight is 313 g/mol. The molecule has 1 atom stereocenters. The predicted molar refractivity (Wildman–Crippen MR) is 92.1 cm³/mol. The summed E-state index contributed by atoms with van der Waals surface area (Å²) in [5.74, 6) is 0.711. The topological polar surface area (TPSA) is 46.8 Å². The summed E-state index contributed by atoms with van der Waals surface area (Å²) in [5, 5.41) is 4.36. The maximum atomic E-state index is 4.65. The Morgan fingerprint density at radius 3 is 2.78 bits per heavy atom. The van der Waals surface area contributed by atoms with E-state index in [2.05, 4.69) is 40.7 Å². The zero-order chi connectivity index (χ0) is 16.2. The summed E-state index contributed by atoms with van der Waals surface area (Å²) in [6.07, 6.45) is 9.04. The van der Waals surface area contributed by atoms with E-state index in [1.165, 1.54) is 19.5 Å². The molecule has 1 fully saturated rings. The third kappa shape index (κ3) is 3.78. The van der Waals surface area contributed by atoms with Crippen molar-refractivity contribution in [2.45, 2.75) is 52.6 Å². The average Bonchev–Trinajstić information content (AvgIpc) is 3.18. The number of hydrogen-bond acceptors (Lipinski definition) is 4. The fourth-order valence-corrected chi connectivity index (χ4v) is 3.33. The Hall–Kier alpha value is -1.75. The van der Waals surface area contributed by atoms with Crippen LogP contribution in [0.1, 0.15) is 39.3 Å². The largest absolute Gasteiger partial charge is 0.301 e. The molecule has 5 heteroatoms. The molecule has 23 heavy (non-hydrogen) atoms. The van der Waals surface area contributed by atoms with Crippen molar-refractivity contribution in [3.63, 3.8) is 0 Å². The number of aromatic nitrogens is 4. The van der Waals surface area contributed by atoms with Gasteiger partial charge in [0, 0.05) is 31.5 Å². The Labute approximate surface area is 138 Å². The molecule has 0 saturated carbocycles. The van der Waals surface area contributed by atoms with E-state index < -0.39 is 0 Å². The van der Waals surface area contributed by atoms with E-state index >= 15 is 0 Å². The van der Waals surface area contributed by atoms with Crippen LogP contribution in [0.25, 0.3) is 11.4 Å². The molecule has 0 aromatic carbocycles. The fourth-order valence-electron chi connectivity index (χ4n) is 3.33. The van der Waals surface area contributed by atoms with Gasteiger partial charge in [-0.25, -0.2) is 0 Å². The first-order valence-corrected chi connectivity index (χ1v) is 8.74. The minimum absolute atomic E-state index is 0.646. The lowest BCUT2D eigenvalue weighted by Crippen LogP contribution is -2.28. The number of aryl methyl sites for hydroxylation is 1. The van der Waals surface area contributed by atoms with Crippen molar-refractivity contribution in [2.24, 2.45) is 5.92 Å². The zero-order valence-electron chi connectivity index (χ0n) is 14.4. The van der Waals surface area contributed by atoms with Gasteiger partial charge in [0.05, 0.1) is 17.6 Å². The third-order valence-electron chi connectivity index (χ3n) is 4.67. The number of rotatable bonds is 6. The van der Waals surface area contributed by atoms with Crippen molar-refractivity contribution in [1.29, 1.82) is 0 Å². The first kappa shape index (κ1) is 16.1. The molecule has 1 aliphatic heterocycles. The summed E-state index contributed by atoms with van der Waals surface area (Å²) < 4.78 is 2.00. The maximum absolute atomic E-state index is 4.65. The molecule has 0 spiro atoms. The van der Waals surface area contributed by atoms with E-state index in [4.69, 9.17) is 0 Å². The lowest BCUT2D eigenvalue weighted by atomic mass is 10.0. The fraction of sp³-hybridized carbons (Fsp3) is 0.611. The van der Waals surface area contributed by atoms with E-state index in [-0.39, 0.29) is 0 Å². The van der Waals surface area contributed by atoms with Gasteiger partial charge >= 0.3 is 0 Å². The Morgan fingerprint density at radius 2 is 2.13 bits per heavy atom. The molecule has 1 aliphatic rings. The number of likely N-dealkylation sites (tertiary alicyclic amines) is 1. The van der Waals surface area contributed by atoms with Gasteiger partial charge in [-0.1, -0.05) is 6.92 Å². The van der Waals surface area contributed by atoms with Crippen LogP contribution in [0.5, 0.6) is 0 Å². The van der Waals surface area contributed by atoms with Gasteiger partial charge in [0.15, 0.2) is 0 Å². The second-order valence-electron chi connectivity index (χ2n) is 6.78. The number of nitrogens with zero attached hydrogens (tertiary/aromatic N) is 5. The standard InChI is InChI=1S/C18H27N5/c1-4-8-23-18(5-7-21-23)17-12-19-16(11-20-17)10-15-6-9-22(13-15)14(2)3/h5,7,11-12,14-15H,4,6,8-10,13H2,1-3H3. The first-order chi connectivity index (χ1) is 11.2. The van der Waals surface area contributed by atoms with Gasteiger partial charge in [0.2, 0.25) is 0 Å². The van der Waals surface area contributed by atoms with E-state index in [0.29, 0.717) is 12.0 Å². The molecule has 0 radical (unpaired) electrons. The van der Waals surface area contributed by atoms with Gasteiger partial charge in [-0.2, -0.15) is 5.10 Å². The van der Waals surface area contributed by atoms with Crippen LogP contribution in [0.4, 0.5) is 0 Å². The molecule has 2 aromatic rings. The molecular weight excluding hydrogens is 286 g/mol. The van der Waals surface area contributed by atoms with Crippen molar-refractivity contribution >= 4 is 0 Å². The van der Waals surface area contributed by atoms with Gasteiger partial charge in [-0.3, -0.25) is 14.6 Å². The SMILES string of the molecule is CCCn1nccc1-c1cnc(CC2CCN(C(C)C)C2)cn1. The minimum atomic E-state index is 0.646. The molecule has 0 amide bonds. The summed E-state index contributed by atoms with van der Waals surface area (Å²) >= 11 is 0. The molecule has 0 N–H and O–H groups in total. The molecule has 3 rings (SSSR count). The molecule has 3 heterocycles. The second kappa shape index (κ2) is 7.21. The molecular formula is C18H27N5. The highest BCUT2D eigenvalue weighted by Crippen LogP contribution is 2.22. The van der Waals surface area contributed by atoms with Crippen molar-refractivity contribution in [3.05, 3.63) is 30.4 Å². The highest BCUT2D eigenvalue weighted by molar-refractivity contribution is 5.52. The minimum Gasteiger partial charge on any atom is -0.301 e. The zero-order valence-corrected chi connectivity index (χ0v) is 14.4. The van der Waals surface area contributed by atoms with Crippen LogP contribution in [-0.2, 0) is 13.0 Å². The van der Waals surface area contributed by atoms with Crippen molar-refractivity contribution in [1.82, 2.24) is 24.6 Å². The third-order valence-corrected chi connectivity index (χ3v) is 4.67. The normalized spacial score (nSPS) is 18.9. The molecule has 1 unspecified atom stereocenters. The Bertz CT molecular complexity index is 617. The van der Waals surface area contributed by atoms with Crippen LogP contribution >= 0.6 is 0 Å². The van der Waals surface area contributed by atoms with Gasteiger partial charge in [0.25, 0.3) is 0 Å². The summed E-state index contributed by atoms with van der Waals surface area (Å²) in [6.45, 7) is 10.0. The van der Waals surface area contributed by atoms with Crippen LogP contribution in [0.3, 0.4) is 0 Å². The van der Waals surface area contributed by atoms with Crippen molar-refractivity contribution < 1.29 is 0 Å². The van der Waals surface area contributed by atoms with Crippen molar-refractivity contribution in [2.75, 3.05) is 13.1 Å². The highest BCUT2D eigenvalue weighted by atomic mass is 15.3. The second-order valence-corrected chi connectivity index (χ2v) is 6.78. The lowest BCUT2D eigenvalue weighted by molar-refractivity contribution is 0.264. The Morgan fingerprint density at radius 1 is 1.26 bits per heavy atom. The summed E-state index contributed by atoms with van der Waals surface area (Å²) in [7, 11) is 0. The van der Waals surface area contributed by atoms with Crippen LogP contribution in [0.2, 0.25) is 0 Å². The highest BCUT2D eigenvalue weighted by Gasteiger charge is 2.24. The van der Waals surface area contributed by atoms with Gasteiger partial charge in [0.1, 0.15) is 5.69 Å². The number of hydrogen-bond donors (Lipinski definition) is 0. The molecule has 124 valence electrons. The monoisotopic (exact) mass is 313 g/mol. The smallest absolute Gasteiger partial charge is 0.107 e. The lowest BCUT2D eigenvalue weighted by Gasteiger charge is -2.20. The van der Waals surface area contributed by atoms with Gasteiger partial charge < -0.3 is 4.90 Å². The summed E-state index contributed by atoms with van der Waals surface area (Å²) in [5.41, 5.74) is 3.07. The van der Waals surface area contributed by atoms with E-state index in [9.17, 15) is 0 Å². The maximum Gasteiger partial charge on any atom is 0.107 e. The molecule has 0 bridgehead atoms. The van der Waals surface area contributed by atoms with E-state index in [0.717, 1.165) is 36.5 Å². The summed E-state index contributed by atoms with van der Waals surface area (Å²) in [4.78, 5) is 11.8. The molecule has 5 nitrogen and oxygen atoms in total.